The Kier molecular flexibility index (Phi) is 8.00. The molecule has 4 aromatic heterocycles. The lowest BCUT2D eigenvalue weighted by molar-refractivity contribution is 0.670. The molecule has 0 aliphatic rings. The number of para-hydroxylation sites is 3. The molecule has 0 radical (unpaired) electrons. The van der Waals surface area contributed by atoms with Crippen LogP contribution in [0, 0.1) is 0 Å². The van der Waals surface area contributed by atoms with Crippen molar-refractivity contribution < 1.29 is 4.42 Å². The summed E-state index contributed by atoms with van der Waals surface area (Å²) in [6.07, 6.45) is 0. The highest BCUT2D eigenvalue weighted by Crippen LogP contribution is 2.43. The van der Waals surface area contributed by atoms with E-state index in [4.69, 9.17) is 19.4 Å². The molecule has 0 fully saturated rings. The monoisotopic (exact) mass is 783 g/mol. The van der Waals surface area contributed by atoms with Crippen LogP contribution in [0.5, 0.6) is 0 Å². The topological polar surface area (TPSA) is 51.8 Å². The van der Waals surface area contributed by atoms with E-state index in [9.17, 15) is 0 Å². The molecular weight excluding hydrogens is 751 g/mol. The predicted molar refractivity (Wildman–Crippen MR) is 250 cm³/mol. The second kappa shape index (κ2) is 14.0. The molecule has 8 aromatic carbocycles. The Morgan fingerprint density at radius 1 is 0.383 bits per heavy atom. The van der Waals surface area contributed by atoms with E-state index < -0.39 is 0 Å². The highest BCUT2D eigenvalue weighted by atomic mass is 32.1. The quantitative estimate of drug-likeness (QED) is 0.169. The molecule has 280 valence electrons. The van der Waals surface area contributed by atoms with Crippen LogP contribution in [-0.2, 0) is 0 Å². The van der Waals surface area contributed by atoms with Gasteiger partial charge in [0.2, 0.25) is 0 Å². The smallest absolute Gasteiger partial charge is 0.160 e. The number of furan rings is 1. The van der Waals surface area contributed by atoms with E-state index in [1.165, 1.54) is 25.6 Å². The van der Waals surface area contributed by atoms with Gasteiger partial charge in [-0.3, -0.25) is 0 Å². The largest absolute Gasteiger partial charge is 0.455 e. The summed E-state index contributed by atoms with van der Waals surface area (Å²) in [5, 5.41) is 5.95. The summed E-state index contributed by atoms with van der Waals surface area (Å²) >= 11 is 1.81. The maximum Gasteiger partial charge on any atom is 0.160 e. The van der Waals surface area contributed by atoms with Gasteiger partial charge in [-0.15, -0.1) is 11.3 Å². The number of pyridine rings is 1. The minimum atomic E-state index is 0.661. The Hall–Kier alpha value is -7.73. The fourth-order valence-corrected chi connectivity index (χ4v) is 9.79. The van der Waals surface area contributed by atoms with E-state index >= 15 is 0 Å². The lowest BCUT2D eigenvalue weighted by atomic mass is 9.99. The zero-order valence-corrected chi connectivity index (χ0v) is 33.0. The van der Waals surface area contributed by atoms with Crippen molar-refractivity contribution in [3.05, 3.63) is 200 Å². The van der Waals surface area contributed by atoms with Crippen LogP contribution in [0.3, 0.4) is 0 Å². The first-order valence-electron chi connectivity index (χ1n) is 20.1. The molecule has 0 N–H and O–H groups in total. The highest BCUT2D eigenvalue weighted by Gasteiger charge is 2.18. The highest BCUT2D eigenvalue weighted by molar-refractivity contribution is 7.26. The molecule has 4 nitrogen and oxygen atoms in total. The van der Waals surface area contributed by atoms with Crippen molar-refractivity contribution in [1.29, 1.82) is 0 Å². The molecule has 0 aliphatic carbocycles. The molecule has 12 aromatic rings. The summed E-state index contributed by atoms with van der Waals surface area (Å²) in [7, 11) is 0. The number of nitrogens with zero attached hydrogens (tertiary/aromatic N) is 3. The minimum absolute atomic E-state index is 0.661. The standard InChI is InChI=1S/C55H33N3OS/c1-2-12-34(13-3-1)39-14-10-15-40(32-39)48-33-47(57-55(58-48)38-30-24-35(25-31-38)41-19-11-20-43-42-16-5-8-22-49(42)59-53(41)43)36-26-28-37(29-27-36)52-54-51(44-17-4-7-21-46(44)56-52)45-18-6-9-23-50(45)60-54/h1-33H. The van der Waals surface area contributed by atoms with Crippen molar-refractivity contribution >= 4 is 64.4 Å². The Morgan fingerprint density at radius 3 is 1.85 bits per heavy atom. The van der Waals surface area contributed by atoms with Crippen LogP contribution in [-0.4, -0.2) is 15.0 Å². The zero-order valence-electron chi connectivity index (χ0n) is 32.2. The normalized spacial score (nSPS) is 11.7. The number of aromatic nitrogens is 3. The molecule has 0 atom stereocenters. The van der Waals surface area contributed by atoms with Crippen molar-refractivity contribution in [2.24, 2.45) is 0 Å². The second-order valence-electron chi connectivity index (χ2n) is 15.1. The Balaban J connectivity index is 0.972. The molecule has 12 rings (SSSR count). The van der Waals surface area contributed by atoms with Crippen LogP contribution >= 0.6 is 11.3 Å². The Morgan fingerprint density at radius 2 is 1.00 bits per heavy atom. The molecule has 0 spiro atoms. The van der Waals surface area contributed by atoms with E-state index in [1.54, 1.807) is 0 Å². The average molecular weight is 784 g/mol. The van der Waals surface area contributed by atoms with Gasteiger partial charge in [-0.1, -0.05) is 170 Å². The van der Waals surface area contributed by atoms with E-state index in [0.717, 1.165) is 89.0 Å². The maximum absolute atomic E-state index is 6.39. The van der Waals surface area contributed by atoms with Crippen LogP contribution in [0.2, 0.25) is 0 Å². The van der Waals surface area contributed by atoms with Crippen LogP contribution in [0.1, 0.15) is 0 Å². The molecule has 0 aliphatic heterocycles. The van der Waals surface area contributed by atoms with E-state index in [1.807, 2.05) is 29.5 Å². The van der Waals surface area contributed by atoms with E-state index in [0.29, 0.717) is 5.82 Å². The average Bonchev–Trinajstić information content (AvgIpc) is 3.91. The number of benzene rings is 8. The molecule has 0 unspecified atom stereocenters. The van der Waals surface area contributed by atoms with E-state index in [2.05, 4.69) is 182 Å². The first-order chi connectivity index (χ1) is 29.7. The molecule has 60 heavy (non-hydrogen) atoms. The summed E-state index contributed by atoms with van der Waals surface area (Å²) in [6, 6.07) is 70.1. The summed E-state index contributed by atoms with van der Waals surface area (Å²) < 4.78 is 8.85. The van der Waals surface area contributed by atoms with Gasteiger partial charge in [0.05, 0.1) is 27.3 Å². The van der Waals surface area contributed by atoms with Crippen LogP contribution in [0.25, 0.3) is 120 Å². The molecule has 0 bridgehead atoms. The molecule has 0 amide bonds. The molecular formula is C55H33N3OS. The number of fused-ring (bicyclic) bond motifs is 8. The first kappa shape index (κ1) is 34.3. The van der Waals surface area contributed by atoms with Crippen LogP contribution in [0.4, 0.5) is 0 Å². The molecule has 5 heteroatoms. The van der Waals surface area contributed by atoms with Crippen LogP contribution in [0.15, 0.2) is 205 Å². The van der Waals surface area contributed by atoms with Crippen LogP contribution < -0.4 is 0 Å². The third-order valence-corrected chi connectivity index (χ3v) is 12.7. The first-order valence-corrected chi connectivity index (χ1v) is 20.9. The van der Waals surface area contributed by atoms with Crippen molar-refractivity contribution in [3.63, 3.8) is 0 Å². The molecule has 0 saturated carbocycles. The number of hydrogen-bond acceptors (Lipinski definition) is 5. The Bertz CT molecular complexity index is 3590. The lowest BCUT2D eigenvalue weighted by Crippen LogP contribution is -1.96. The third-order valence-electron chi connectivity index (χ3n) is 11.5. The van der Waals surface area contributed by atoms with Crippen molar-refractivity contribution in [2.45, 2.75) is 0 Å². The molecule has 0 saturated heterocycles. The summed E-state index contributed by atoms with van der Waals surface area (Å²) in [5.74, 6) is 0.661. The SMILES string of the molecule is c1ccc(-c2cccc(-c3cc(-c4ccc(-c5nc6ccccc6c6c5sc5ccccc56)cc4)nc(-c4ccc(-c5cccc6c5oc5ccccc56)cc4)n3)c2)cc1. The van der Waals surface area contributed by atoms with Gasteiger partial charge in [-0.2, -0.15) is 0 Å². The maximum atomic E-state index is 6.39. The van der Waals surface area contributed by atoms with Gasteiger partial charge in [-0.05, 0) is 47.0 Å². The van der Waals surface area contributed by atoms with Gasteiger partial charge in [0.15, 0.2) is 5.82 Å². The number of thiophene rings is 1. The fourth-order valence-electron chi connectivity index (χ4n) is 8.56. The molecule has 4 heterocycles. The van der Waals surface area contributed by atoms with Gasteiger partial charge < -0.3 is 4.42 Å². The van der Waals surface area contributed by atoms with E-state index in [-0.39, 0.29) is 0 Å². The number of hydrogen-bond donors (Lipinski definition) is 0. The van der Waals surface area contributed by atoms with Gasteiger partial charge in [0, 0.05) is 59.4 Å². The van der Waals surface area contributed by atoms with Gasteiger partial charge in [0.25, 0.3) is 0 Å². The lowest BCUT2D eigenvalue weighted by Gasteiger charge is -2.12. The summed E-state index contributed by atoms with van der Waals surface area (Å²) in [4.78, 5) is 15.7. The van der Waals surface area contributed by atoms with Crippen molar-refractivity contribution in [1.82, 2.24) is 15.0 Å². The summed E-state index contributed by atoms with van der Waals surface area (Å²) in [5.41, 5.74) is 13.9. The zero-order chi connectivity index (χ0) is 39.6. The van der Waals surface area contributed by atoms with Crippen molar-refractivity contribution in [3.8, 4) is 67.4 Å². The Labute approximate surface area is 349 Å². The fraction of sp³-hybridized carbons (Fsp3) is 0. The van der Waals surface area contributed by atoms with Gasteiger partial charge in [0.1, 0.15) is 11.2 Å². The second-order valence-corrected chi connectivity index (χ2v) is 16.2. The van der Waals surface area contributed by atoms with Crippen molar-refractivity contribution in [2.75, 3.05) is 0 Å². The predicted octanol–water partition coefficient (Wildman–Crippen LogP) is 15.3. The van der Waals surface area contributed by atoms with Gasteiger partial charge in [-0.25, -0.2) is 15.0 Å². The number of rotatable bonds is 6. The minimum Gasteiger partial charge on any atom is -0.455 e. The van der Waals surface area contributed by atoms with Gasteiger partial charge >= 0.3 is 0 Å². The third kappa shape index (κ3) is 5.78. The summed E-state index contributed by atoms with van der Waals surface area (Å²) in [6.45, 7) is 0.